The Balaban J connectivity index is 2.56. The molecule has 1 heterocycles. The van der Waals surface area contributed by atoms with Crippen LogP contribution in [0.25, 0.3) is 0 Å². The Kier molecular flexibility index (Phi) is 5.18. The van der Waals surface area contributed by atoms with Gasteiger partial charge in [-0.1, -0.05) is 30.7 Å². The van der Waals surface area contributed by atoms with Gasteiger partial charge < -0.3 is 5.32 Å². The molecule has 0 aliphatic carbocycles. The van der Waals surface area contributed by atoms with Gasteiger partial charge in [-0.2, -0.15) is 5.10 Å². The fraction of sp³-hybridized carbons (Fsp3) is 0.357. The summed E-state index contributed by atoms with van der Waals surface area (Å²) in [6.45, 7) is 5.33. The Labute approximate surface area is 131 Å². The van der Waals surface area contributed by atoms with Gasteiger partial charge >= 0.3 is 0 Å². The highest BCUT2D eigenvalue weighted by Gasteiger charge is 2.24. The van der Waals surface area contributed by atoms with E-state index in [1.807, 2.05) is 19.9 Å². The van der Waals surface area contributed by atoms with Gasteiger partial charge in [-0.3, -0.25) is 4.68 Å². The average molecular weight is 361 g/mol. The van der Waals surface area contributed by atoms with Crippen molar-refractivity contribution in [2.75, 3.05) is 6.54 Å². The average Bonchev–Trinajstić information content (AvgIpc) is 2.81. The number of halogens is 3. The van der Waals surface area contributed by atoms with Gasteiger partial charge in [0.15, 0.2) is 0 Å². The highest BCUT2D eigenvalue weighted by Crippen LogP contribution is 2.32. The normalized spacial score (nSPS) is 12.7. The van der Waals surface area contributed by atoms with Gasteiger partial charge in [-0.25, -0.2) is 4.39 Å². The van der Waals surface area contributed by atoms with Gasteiger partial charge in [0, 0.05) is 12.1 Å². The van der Waals surface area contributed by atoms with Crippen LogP contribution in [0.3, 0.4) is 0 Å². The first kappa shape index (κ1) is 15.5. The largest absolute Gasteiger partial charge is 0.305 e. The lowest BCUT2D eigenvalue weighted by molar-refractivity contribution is 0.514. The second-order valence-corrected chi connectivity index (χ2v) is 5.59. The molecule has 3 nitrogen and oxygen atoms in total. The lowest BCUT2D eigenvalue weighted by Gasteiger charge is -2.21. The van der Waals surface area contributed by atoms with E-state index in [0.29, 0.717) is 28.1 Å². The highest BCUT2D eigenvalue weighted by atomic mass is 79.9. The van der Waals surface area contributed by atoms with Crippen LogP contribution in [0.15, 0.2) is 28.9 Å². The number of benzene rings is 1. The zero-order valence-corrected chi connectivity index (χ0v) is 13.7. The molecule has 1 aromatic carbocycles. The summed E-state index contributed by atoms with van der Waals surface area (Å²) in [6, 6.07) is 4.93. The molecule has 0 spiro atoms. The molecule has 0 amide bonds. The van der Waals surface area contributed by atoms with E-state index < -0.39 is 0 Å². The van der Waals surface area contributed by atoms with E-state index in [1.165, 1.54) is 0 Å². The van der Waals surface area contributed by atoms with Crippen molar-refractivity contribution in [2.24, 2.45) is 0 Å². The molecule has 0 saturated heterocycles. The van der Waals surface area contributed by atoms with E-state index in [2.05, 4.69) is 26.3 Å². The summed E-state index contributed by atoms with van der Waals surface area (Å²) in [7, 11) is 0. The maximum absolute atomic E-state index is 14.4. The van der Waals surface area contributed by atoms with Gasteiger partial charge in [0.1, 0.15) is 5.82 Å². The summed E-state index contributed by atoms with van der Waals surface area (Å²) in [5.41, 5.74) is 1.34. The summed E-state index contributed by atoms with van der Waals surface area (Å²) in [5, 5.41) is 8.04. The van der Waals surface area contributed by atoms with Gasteiger partial charge in [0.25, 0.3) is 0 Å². The number of aryl methyl sites for hydroxylation is 1. The first-order chi connectivity index (χ1) is 9.60. The number of nitrogens with zero attached hydrogens (tertiary/aromatic N) is 2. The Morgan fingerprint density at radius 1 is 1.45 bits per heavy atom. The summed E-state index contributed by atoms with van der Waals surface area (Å²) in [5.74, 6) is -0.279. The van der Waals surface area contributed by atoms with Crippen LogP contribution in [0.4, 0.5) is 4.39 Å². The minimum Gasteiger partial charge on any atom is -0.305 e. The molecule has 0 aliphatic heterocycles. The minimum absolute atomic E-state index is 0.279. The first-order valence-corrected chi connectivity index (χ1v) is 7.65. The standard InChI is InChI=1S/C14H16BrClFN3/c1-3-18-13(9-6-5-7-10(15)12(9)17)14-11(16)8-19-20(14)4-2/h5-8,13,18H,3-4H2,1-2H3. The van der Waals surface area contributed by atoms with Crippen molar-refractivity contribution in [1.29, 1.82) is 0 Å². The molecule has 20 heavy (non-hydrogen) atoms. The van der Waals surface area contributed by atoms with E-state index in [0.717, 1.165) is 5.69 Å². The summed E-state index contributed by atoms with van der Waals surface area (Å²) >= 11 is 9.46. The number of hydrogen-bond acceptors (Lipinski definition) is 2. The maximum atomic E-state index is 14.4. The zero-order chi connectivity index (χ0) is 14.7. The molecular weight excluding hydrogens is 345 g/mol. The molecule has 6 heteroatoms. The third kappa shape index (κ3) is 2.90. The van der Waals surface area contributed by atoms with Crippen molar-refractivity contribution >= 4 is 27.5 Å². The van der Waals surface area contributed by atoms with Gasteiger partial charge in [-0.05, 0) is 35.5 Å². The molecule has 2 rings (SSSR count). The predicted octanol–water partition coefficient (Wildman–Crippen LogP) is 4.16. The minimum atomic E-state index is -0.326. The number of nitrogens with one attached hydrogen (secondary N) is 1. The third-order valence-electron chi connectivity index (χ3n) is 3.11. The van der Waals surface area contributed by atoms with Crippen LogP contribution in [-0.2, 0) is 6.54 Å². The molecule has 0 radical (unpaired) electrons. The van der Waals surface area contributed by atoms with Crippen molar-refractivity contribution in [3.8, 4) is 0 Å². The molecule has 1 aromatic heterocycles. The van der Waals surface area contributed by atoms with Crippen LogP contribution in [0.5, 0.6) is 0 Å². The molecular formula is C14H16BrClFN3. The molecule has 1 unspecified atom stereocenters. The van der Waals surface area contributed by atoms with Crippen LogP contribution in [0, 0.1) is 5.82 Å². The van der Waals surface area contributed by atoms with E-state index in [9.17, 15) is 4.39 Å². The molecule has 1 atom stereocenters. The van der Waals surface area contributed by atoms with E-state index >= 15 is 0 Å². The molecule has 0 saturated carbocycles. The fourth-order valence-corrected chi connectivity index (χ4v) is 2.84. The van der Waals surface area contributed by atoms with E-state index in [1.54, 1.807) is 23.0 Å². The third-order valence-corrected chi connectivity index (χ3v) is 4.01. The zero-order valence-electron chi connectivity index (χ0n) is 11.3. The monoisotopic (exact) mass is 359 g/mol. The molecule has 0 aliphatic rings. The Morgan fingerprint density at radius 3 is 2.85 bits per heavy atom. The van der Waals surface area contributed by atoms with E-state index in [-0.39, 0.29) is 11.9 Å². The predicted molar refractivity (Wildman–Crippen MR) is 82.5 cm³/mol. The fourth-order valence-electron chi connectivity index (χ4n) is 2.21. The van der Waals surface area contributed by atoms with E-state index in [4.69, 9.17) is 11.6 Å². The van der Waals surface area contributed by atoms with Crippen LogP contribution in [0.1, 0.15) is 31.1 Å². The van der Waals surface area contributed by atoms with Crippen LogP contribution in [0.2, 0.25) is 5.02 Å². The number of rotatable bonds is 5. The highest BCUT2D eigenvalue weighted by molar-refractivity contribution is 9.10. The molecule has 2 aromatic rings. The van der Waals surface area contributed by atoms with Crippen molar-refractivity contribution in [2.45, 2.75) is 26.4 Å². The second kappa shape index (κ2) is 6.70. The van der Waals surface area contributed by atoms with Crippen LogP contribution >= 0.6 is 27.5 Å². The Bertz CT molecular complexity index is 600. The second-order valence-electron chi connectivity index (χ2n) is 4.33. The summed E-state index contributed by atoms with van der Waals surface area (Å²) < 4.78 is 16.6. The summed E-state index contributed by atoms with van der Waals surface area (Å²) in [4.78, 5) is 0. The van der Waals surface area contributed by atoms with Crippen molar-refractivity contribution in [1.82, 2.24) is 15.1 Å². The topological polar surface area (TPSA) is 29.9 Å². The van der Waals surface area contributed by atoms with Crippen LogP contribution in [-0.4, -0.2) is 16.3 Å². The molecule has 0 fully saturated rings. The van der Waals surface area contributed by atoms with Crippen molar-refractivity contribution in [3.63, 3.8) is 0 Å². The van der Waals surface area contributed by atoms with Crippen LogP contribution < -0.4 is 5.32 Å². The van der Waals surface area contributed by atoms with Gasteiger partial charge in [-0.15, -0.1) is 0 Å². The van der Waals surface area contributed by atoms with Crippen molar-refractivity contribution < 1.29 is 4.39 Å². The summed E-state index contributed by atoms with van der Waals surface area (Å²) in [6.07, 6.45) is 1.60. The molecule has 0 bridgehead atoms. The lowest BCUT2D eigenvalue weighted by atomic mass is 10.0. The lowest BCUT2D eigenvalue weighted by Crippen LogP contribution is -2.26. The number of aromatic nitrogens is 2. The Hall–Kier alpha value is -0.910. The SMILES string of the molecule is CCNC(c1cccc(Br)c1F)c1c(Cl)cnn1CC. The Morgan fingerprint density at radius 2 is 2.20 bits per heavy atom. The first-order valence-electron chi connectivity index (χ1n) is 6.48. The maximum Gasteiger partial charge on any atom is 0.142 e. The van der Waals surface area contributed by atoms with Gasteiger partial charge in [0.05, 0.1) is 27.4 Å². The molecule has 1 N–H and O–H groups in total. The number of hydrogen-bond donors (Lipinski definition) is 1. The van der Waals surface area contributed by atoms with Gasteiger partial charge in [0.2, 0.25) is 0 Å². The van der Waals surface area contributed by atoms with Crippen molar-refractivity contribution in [3.05, 3.63) is 51.0 Å². The molecule has 108 valence electrons. The smallest absolute Gasteiger partial charge is 0.142 e. The quantitative estimate of drug-likeness (QED) is 0.868.